The van der Waals surface area contributed by atoms with Crippen molar-refractivity contribution in [2.24, 2.45) is 0 Å². The molecule has 42 heavy (non-hydrogen) atoms. The molecule has 5 nitrogen and oxygen atoms in total. The van der Waals surface area contributed by atoms with E-state index in [1.54, 1.807) is 6.08 Å². The highest BCUT2D eigenvalue weighted by molar-refractivity contribution is 5.80. The number of unbranched alkanes of at least 4 members (excludes halogenated alkanes) is 19. The molecule has 5 heteroatoms. The van der Waals surface area contributed by atoms with E-state index in [-0.39, 0.29) is 6.61 Å². The predicted octanol–water partition coefficient (Wildman–Crippen LogP) is 9.26. The van der Waals surface area contributed by atoms with Crippen LogP contribution < -0.4 is 5.32 Å². The number of nitrogens with one attached hydrogen (secondary N) is 1. The topological polar surface area (TPSA) is 89.8 Å². The largest absolute Gasteiger partial charge is 0.394 e. The Hall–Kier alpha value is -1.43. The zero-order valence-corrected chi connectivity index (χ0v) is 27.6. The summed E-state index contributed by atoms with van der Waals surface area (Å²) < 4.78 is 0. The maximum absolute atomic E-state index is 12.3. The summed E-state index contributed by atoms with van der Waals surface area (Å²) >= 11 is 0. The fourth-order valence-electron chi connectivity index (χ4n) is 5.10. The van der Waals surface area contributed by atoms with E-state index >= 15 is 0 Å². The molecule has 0 aromatic heterocycles. The third-order valence-corrected chi connectivity index (χ3v) is 7.96. The van der Waals surface area contributed by atoms with E-state index < -0.39 is 24.2 Å². The van der Waals surface area contributed by atoms with E-state index in [2.05, 4.69) is 43.5 Å². The molecule has 0 spiro atoms. The van der Waals surface area contributed by atoms with Crippen molar-refractivity contribution in [3.63, 3.8) is 0 Å². The van der Waals surface area contributed by atoms with Crippen LogP contribution in [0.3, 0.4) is 0 Å². The van der Waals surface area contributed by atoms with E-state index in [4.69, 9.17) is 0 Å². The lowest BCUT2D eigenvalue weighted by atomic mass is 10.0. The third kappa shape index (κ3) is 27.4. The fraction of sp³-hybridized carbons (Fsp3) is 0.811. The van der Waals surface area contributed by atoms with E-state index in [1.807, 2.05) is 6.08 Å². The van der Waals surface area contributed by atoms with Gasteiger partial charge in [-0.15, -0.1) is 0 Å². The van der Waals surface area contributed by atoms with Gasteiger partial charge in [0.25, 0.3) is 0 Å². The van der Waals surface area contributed by atoms with Gasteiger partial charge in [0.15, 0.2) is 0 Å². The first-order valence-electron chi connectivity index (χ1n) is 17.8. The molecule has 0 saturated heterocycles. The second-order valence-electron chi connectivity index (χ2n) is 12.1. The molecule has 3 atom stereocenters. The fourth-order valence-corrected chi connectivity index (χ4v) is 5.10. The number of aliphatic hydroxyl groups excluding tert-OH is 3. The number of carbonyl (C=O) groups excluding carboxylic acids is 1. The Morgan fingerprint density at radius 1 is 0.571 bits per heavy atom. The second kappa shape index (κ2) is 32.5. The molecule has 4 N–H and O–H groups in total. The van der Waals surface area contributed by atoms with Gasteiger partial charge in [-0.2, -0.15) is 0 Å². The highest BCUT2D eigenvalue weighted by Crippen LogP contribution is 2.13. The number of hydrogen-bond donors (Lipinski definition) is 4. The summed E-state index contributed by atoms with van der Waals surface area (Å²) in [5, 5.41) is 32.8. The molecule has 0 aliphatic rings. The van der Waals surface area contributed by atoms with Crippen LogP contribution in [0.25, 0.3) is 0 Å². The van der Waals surface area contributed by atoms with Crippen LogP contribution in [0.2, 0.25) is 0 Å². The molecule has 3 unspecified atom stereocenters. The van der Waals surface area contributed by atoms with Gasteiger partial charge in [0.05, 0.1) is 18.8 Å². The second-order valence-corrected chi connectivity index (χ2v) is 12.1. The number of carbonyl (C=O) groups is 1. The van der Waals surface area contributed by atoms with Gasteiger partial charge in [0.1, 0.15) is 6.10 Å². The first-order chi connectivity index (χ1) is 20.6. The minimum Gasteiger partial charge on any atom is -0.394 e. The zero-order chi connectivity index (χ0) is 30.9. The molecule has 1 amide bonds. The van der Waals surface area contributed by atoms with Crippen LogP contribution in [0.5, 0.6) is 0 Å². The summed E-state index contributed by atoms with van der Waals surface area (Å²) in [4.78, 5) is 12.3. The summed E-state index contributed by atoms with van der Waals surface area (Å²) in [6.07, 6.45) is 38.7. The van der Waals surface area contributed by atoms with Gasteiger partial charge in [0, 0.05) is 0 Å². The maximum atomic E-state index is 12.3. The normalized spacial score (nSPS) is 14.3. The van der Waals surface area contributed by atoms with Crippen LogP contribution in [-0.2, 0) is 4.79 Å². The van der Waals surface area contributed by atoms with Crippen molar-refractivity contribution in [2.45, 2.75) is 186 Å². The standard InChI is InChI=1S/C37H69NO4/c1-3-5-7-9-11-13-15-16-17-18-19-20-21-22-24-25-27-29-31-35(40)34(33-39)38-37(42)36(41)32-30-28-26-23-14-12-10-8-6-4-2/h18-19,22,24,29,31,34-36,39-41H,3-17,20-21,23,25-28,30,32-33H2,1-2H3,(H,38,42)/b19-18+,24-22+,31-29+. The molecule has 0 rings (SSSR count). The molecular weight excluding hydrogens is 522 g/mol. The summed E-state index contributed by atoms with van der Waals surface area (Å²) in [5.74, 6) is -0.521. The smallest absolute Gasteiger partial charge is 0.249 e. The Kier molecular flexibility index (Phi) is 31.4. The predicted molar refractivity (Wildman–Crippen MR) is 181 cm³/mol. The van der Waals surface area contributed by atoms with Crippen molar-refractivity contribution in [1.82, 2.24) is 5.32 Å². The Labute approximate surface area is 260 Å². The number of rotatable bonds is 31. The molecule has 0 fully saturated rings. The van der Waals surface area contributed by atoms with Crippen molar-refractivity contribution < 1.29 is 20.1 Å². The minimum atomic E-state index is -1.10. The molecule has 246 valence electrons. The monoisotopic (exact) mass is 592 g/mol. The molecule has 0 heterocycles. The summed E-state index contributed by atoms with van der Waals surface area (Å²) in [6, 6.07) is -0.816. The summed E-state index contributed by atoms with van der Waals surface area (Å²) in [7, 11) is 0. The highest BCUT2D eigenvalue weighted by atomic mass is 16.3. The van der Waals surface area contributed by atoms with E-state index in [9.17, 15) is 20.1 Å². The average molecular weight is 592 g/mol. The molecule has 0 aromatic rings. The molecule has 0 aliphatic carbocycles. The van der Waals surface area contributed by atoms with Crippen LogP contribution in [-0.4, -0.2) is 46.1 Å². The Morgan fingerprint density at radius 3 is 1.45 bits per heavy atom. The van der Waals surface area contributed by atoms with Gasteiger partial charge in [-0.25, -0.2) is 0 Å². The number of amides is 1. The molecule has 0 aliphatic heterocycles. The van der Waals surface area contributed by atoms with Crippen molar-refractivity contribution in [2.75, 3.05) is 6.61 Å². The van der Waals surface area contributed by atoms with Crippen LogP contribution in [0.1, 0.15) is 168 Å². The lowest BCUT2D eigenvalue weighted by Crippen LogP contribution is -2.48. The Morgan fingerprint density at radius 2 is 0.976 bits per heavy atom. The first kappa shape index (κ1) is 40.6. The van der Waals surface area contributed by atoms with Crippen LogP contribution in [0.4, 0.5) is 0 Å². The molecular formula is C37H69NO4. The number of allylic oxidation sites excluding steroid dienone is 5. The van der Waals surface area contributed by atoms with Gasteiger partial charge in [-0.05, 0) is 44.9 Å². The Bertz CT molecular complexity index is 660. The van der Waals surface area contributed by atoms with Gasteiger partial charge in [0.2, 0.25) is 5.91 Å². The van der Waals surface area contributed by atoms with E-state index in [1.165, 1.54) is 103 Å². The van der Waals surface area contributed by atoms with Crippen molar-refractivity contribution in [3.05, 3.63) is 36.5 Å². The summed E-state index contributed by atoms with van der Waals surface area (Å²) in [5.41, 5.74) is 0. The van der Waals surface area contributed by atoms with Crippen LogP contribution in [0, 0.1) is 0 Å². The van der Waals surface area contributed by atoms with Gasteiger partial charge in [-0.1, -0.05) is 159 Å². The maximum Gasteiger partial charge on any atom is 0.249 e. The average Bonchev–Trinajstić information content (AvgIpc) is 2.99. The molecule has 0 saturated carbocycles. The van der Waals surface area contributed by atoms with Crippen LogP contribution >= 0.6 is 0 Å². The summed E-state index contributed by atoms with van der Waals surface area (Å²) in [6.45, 7) is 4.12. The quantitative estimate of drug-likeness (QED) is 0.0478. The SMILES string of the molecule is CCCCCCCCCC/C=C/CC/C=C/CC/C=C/C(O)C(CO)NC(=O)C(O)CCCCCCCCCCCC. The van der Waals surface area contributed by atoms with E-state index in [0.29, 0.717) is 6.42 Å². The lowest BCUT2D eigenvalue weighted by Gasteiger charge is -2.21. The number of hydrogen-bond acceptors (Lipinski definition) is 4. The first-order valence-corrected chi connectivity index (χ1v) is 17.8. The minimum absolute atomic E-state index is 0.380. The van der Waals surface area contributed by atoms with Crippen LogP contribution in [0.15, 0.2) is 36.5 Å². The van der Waals surface area contributed by atoms with Crippen molar-refractivity contribution >= 4 is 5.91 Å². The van der Waals surface area contributed by atoms with Crippen molar-refractivity contribution in [1.29, 1.82) is 0 Å². The Balaban J connectivity index is 3.84. The molecule has 0 radical (unpaired) electrons. The van der Waals surface area contributed by atoms with E-state index in [0.717, 1.165) is 44.9 Å². The molecule has 0 aromatic carbocycles. The van der Waals surface area contributed by atoms with Gasteiger partial charge >= 0.3 is 0 Å². The van der Waals surface area contributed by atoms with Crippen molar-refractivity contribution in [3.8, 4) is 0 Å². The highest BCUT2D eigenvalue weighted by Gasteiger charge is 2.22. The molecule has 0 bridgehead atoms. The number of aliphatic hydroxyl groups is 3. The lowest BCUT2D eigenvalue weighted by molar-refractivity contribution is -0.131. The zero-order valence-electron chi connectivity index (χ0n) is 27.6. The third-order valence-electron chi connectivity index (χ3n) is 7.96. The van der Waals surface area contributed by atoms with Gasteiger partial charge in [-0.3, -0.25) is 4.79 Å². The van der Waals surface area contributed by atoms with Gasteiger partial charge < -0.3 is 20.6 Å².